The van der Waals surface area contributed by atoms with E-state index in [2.05, 4.69) is 9.80 Å². The van der Waals surface area contributed by atoms with Crippen molar-refractivity contribution in [3.05, 3.63) is 65.7 Å². The van der Waals surface area contributed by atoms with Gasteiger partial charge in [0.05, 0.1) is 18.1 Å². The van der Waals surface area contributed by atoms with Crippen LogP contribution < -0.4 is 0 Å². The Bertz CT molecular complexity index is 913. The second-order valence-electron chi connectivity index (χ2n) is 9.13. The molecule has 2 N–H and O–H groups in total. The lowest BCUT2D eigenvalue weighted by atomic mass is 9.83. The second-order valence-corrected chi connectivity index (χ2v) is 9.13. The number of phenols is 1. The Hall–Kier alpha value is -2.41. The molecule has 1 spiro atoms. The van der Waals surface area contributed by atoms with Crippen LogP contribution in [0.3, 0.4) is 0 Å². The number of rotatable bonds is 4. The van der Waals surface area contributed by atoms with Crippen LogP contribution in [0.4, 0.5) is 0 Å². The molecule has 0 radical (unpaired) electrons. The van der Waals surface area contributed by atoms with Crippen molar-refractivity contribution in [3.8, 4) is 5.75 Å². The monoisotopic (exact) mass is 407 g/mol. The van der Waals surface area contributed by atoms with Gasteiger partial charge in [-0.05, 0) is 18.1 Å². The van der Waals surface area contributed by atoms with Gasteiger partial charge >= 0.3 is 0 Å². The summed E-state index contributed by atoms with van der Waals surface area (Å²) in [5.74, 6) is 0.497. The highest BCUT2D eigenvalue weighted by Crippen LogP contribution is 2.40. The molecule has 3 aliphatic rings. The summed E-state index contributed by atoms with van der Waals surface area (Å²) >= 11 is 0. The second kappa shape index (κ2) is 7.69. The highest BCUT2D eigenvalue weighted by atomic mass is 16.3. The number of likely N-dealkylation sites (tertiary alicyclic amines) is 1. The number of piperazine rings is 1. The molecule has 158 valence electrons. The summed E-state index contributed by atoms with van der Waals surface area (Å²) in [5, 5.41) is 20.4. The zero-order chi connectivity index (χ0) is 20.7. The molecule has 1 amide bonds. The average Bonchev–Trinajstić information content (AvgIpc) is 3.09. The van der Waals surface area contributed by atoms with Gasteiger partial charge in [-0.3, -0.25) is 14.6 Å². The Morgan fingerprint density at radius 1 is 1.00 bits per heavy atom. The largest absolute Gasteiger partial charge is 0.508 e. The van der Waals surface area contributed by atoms with Gasteiger partial charge in [0.25, 0.3) is 0 Å². The number of carbonyl (C=O) groups is 1. The molecular formula is C24H29N3O3. The summed E-state index contributed by atoms with van der Waals surface area (Å²) in [4.78, 5) is 19.9. The molecule has 2 atom stereocenters. The van der Waals surface area contributed by atoms with Gasteiger partial charge < -0.3 is 15.1 Å². The number of aliphatic hydroxyl groups is 1. The molecule has 3 heterocycles. The Morgan fingerprint density at radius 2 is 1.73 bits per heavy atom. The fourth-order valence-electron chi connectivity index (χ4n) is 5.55. The van der Waals surface area contributed by atoms with Crippen molar-refractivity contribution in [2.24, 2.45) is 0 Å². The van der Waals surface area contributed by atoms with Gasteiger partial charge in [-0.2, -0.15) is 0 Å². The molecule has 2 aromatic carbocycles. The summed E-state index contributed by atoms with van der Waals surface area (Å²) in [6.45, 7) is 4.49. The number of β-amino-alcohol motifs (C(OH)–C–C–N with tert-alkyl or cyclic N) is 1. The molecule has 3 fully saturated rings. The SMILES string of the molecule is O=C(Cc1ccccc1)N1C[C@H]2C[C@@H](O)CN2C2(CN(Cc3ccccc3O)C2)C1. The topological polar surface area (TPSA) is 67.3 Å². The van der Waals surface area contributed by atoms with E-state index in [0.717, 1.165) is 30.6 Å². The minimum atomic E-state index is -0.316. The lowest BCUT2D eigenvalue weighted by Gasteiger charge is -2.61. The zero-order valence-corrected chi connectivity index (χ0v) is 17.2. The molecule has 6 heteroatoms. The highest BCUT2D eigenvalue weighted by molar-refractivity contribution is 5.79. The van der Waals surface area contributed by atoms with E-state index >= 15 is 0 Å². The third-order valence-corrected chi connectivity index (χ3v) is 6.89. The van der Waals surface area contributed by atoms with Crippen molar-refractivity contribution in [2.45, 2.75) is 37.1 Å². The number of aromatic hydroxyl groups is 1. The maximum atomic E-state index is 13.1. The van der Waals surface area contributed by atoms with E-state index in [9.17, 15) is 15.0 Å². The number of amides is 1. The Morgan fingerprint density at radius 3 is 2.50 bits per heavy atom. The lowest BCUT2D eigenvalue weighted by molar-refractivity contribution is -0.150. The van der Waals surface area contributed by atoms with E-state index in [0.29, 0.717) is 38.3 Å². The number of carbonyl (C=O) groups excluding carboxylic acids is 1. The standard InChI is InChI=1S/C24H29N3O3/c28-21-11-20-13-26(23(30)10-18-6-2-1-3-7-18)17-24(27(20)14-21)15-25(16-24)12-19-8-4-5-9-22(19)29/h1-9,20-21,28-29H,10-17H2/t20-,21-/m1/s1. The zero-order valence-electron chi connectivity index (χ0n) is 17.2. The van der Waals surface area contributed by atoms with Gasteiger partial charge in [0.2, 0.25) is 5.91 Å². The van der Waals surface area contributed by atoms with Crippen molar-refractivity contribution in [1.82, 2.24) is 14.7 Å². The smallest absolute Gasteiger partial charge is 0.227 e. The van der Waals surface area contributed by atoms with Crippen LogP contribution in [-0.4, -0.2) is 81.2 Å². The Labute approximate surface area is 177 Å². The van der Waals surface area contributed by atoms with Crippen LogP contribution in [0.5, 0.6) is 5.75 Å². The van der Waals surface area contributed by atoms with Crippen molar-refractivity contribution in [1.29, 1.82) is 0 Å². The van der Waals surface area contributed by atoms with Gasteiger partial charge in [0.15, 0.2) is 0 Å². The minimum Gasteiger partial charge on any atom is -0.508 e. The fourth-order valence-corrected chi connectivity index (χ4v) is 5.55. The van der Waals surface area contributed by atoms with Crippen LogP contribution >= 0.6 is 0 Å². The summed E-state index contributed by atoms with van der Waals surface area (Å²) in [6.07, 6.45) is 0.840. The predicted octanol–water partition coefficient (Wildman–Crippen LogP) is 1.47. The lowest BCUT2D eigenvalue weighted by Crippen LogP contribution is -2.78. The number of fused-ring (bicyclic) bond motifs is 2. The van der Waals surface area contributed by atoms with Gasteiger partial charge in [0.1, 0.15) is 5.75 Å². The van der Waals surface area contributed by atoms with Gasteiger partial charge in [-0.1, -0.05) is 48.5 Å². The van der Waals surface area contributed by atoms with Gasteiger partial charge in [0, 0.05) is 50.9 Å². The Kier molecular flexibility index (Phi) is 5.01. The van der Waals surface area contributed by atoms with Crippen molar-refractivity contribution >= 4 is 5.91 Å². The third-order valence-electron chi connectivity index (χ3n) is 6.89. The first kappa shape index (κ1) is 19.5. The number of nitrogens with zero attached hydrogens (tertiary/aromatic N) is 3. The number of phenolic OH excluding ortho intramolecular Hbond substituents is 1. The highest BCUT2D eigenvalue weighted by Gasteiger charge is 2.56. The normalized spacial score (nSPS) is 25.8. The maximum absolute atomic E-state index is 13.1. The number of hydrogen-bond acceptors (Lipinski definition) is 5. The number of para-hydroxylation sites is 1. The van der Waals surface area contributed by atoms with Crippen LogP contribution in [-0.2, 0) is 17.8 Å². The molecule has 5 rings (SSSR count). The van der Waals surface area contributed by atoms with E-state index < -0.39 is 0 Å². The third kappa shape index (κ3) is 3.60. The number of benzene rings is 2. The van der Waals surface area contributed by atoms with E-state index in [1.54, 1.807) is 6.07 Å². The molecule has 3 saturated heterocycles. The molecule has 2 aromatic rings. The van der Waals surface area contributed by atoms with Crippen molar-refractivity contribution in [3.63, 3.8) is 0 Å². The molecule has 30 heavy (non-hydrogen) atoms. The molecule has 0 bridgehead atoms. The fraction of sp³-hybridized carbons (Fsp3) is 0.458. The molecular weight excluding hydrogens is 378 g/mol. The molecule has 3 aliphatic heterocycles. The first-order valence-electron chi connectivity index (χ1n) is 10.8. The summed E-state index contributed by atoms with van der Waals surface area (Å²) in [7, 11) is 0. The average molecular weight is 408 g/mol. The van der Waals surface area contributed by atoms with E-state index in [4.69, 9.17) is 0 Å². The molecule has 0 saturated carbocycles. The van der Waals surface area contributed by atoms with Crippen LogP contribution in [0, 0.1) is 0 Å². The van der Waals surface area contributed by atoms with E-state index in [1.807, 2.05) is 53.4 Å². The van der Waals surface area contributed by atoms with E-state index in [-0.39, 0.29) is 23.6 Å². The summed E-state index contributed by atoms with van der Waals surface area (Å²) < 4.78 is 0. The molecule has 0 aliphatic carbocycles. The number of aliphatic hydroxyl groups excluding tert-OH is 1. The van der Waals surface area contributed by atoms with Gasteiger partial charge in [-0.25, -0.2) is 0 Å². The van der Waals surface area contributed by atoms with Crippen LogP contribution in [0.1, 0.15) is 17.5 Å². The maximum Gasteiger partial charge on any atom is 0.227 e. The van der Waals surface area contributed by atoms with Crippen LogP contribution in [0.2, 0.25) is 0 Å². The quantitative estimate of drug-likeness (QED) is 0.804. The van der Waals surface area contributed by atoms with Crippen molar-refractivity contribution in [2.75, 3.05) is 32.7 Å². The predicted molar refractivity (Wildman–Crippen MR) is 114 cm³/mol. The first-order chi connectivity index (χ1) is 14.5. The molecule has 0 unspecified atom stereocenters. The van der Waals surface area contributed by atoms with Gasteiger partial charge in [-0.15, -0.1) is 0 Å². The minimum absolute atomic E-state index is 0.100. The Balaban J connectivity index is 1.30. The first-order valence-corrected chi connectivity index (χ1v) is 10.8. The van der Waals surface area contributed by atoms with E-state index in [1.165, 1.54) is 0 Å². The summed E-state index contributed by atoms with van der Waals surface area (Å²) in [5.41, 5.74) is 1.87. The summed E-state index contributed by atoms with van der Waals surface area (Å²) in [6, 6.07) is 17.6. The molecule has 0 aromatic heterocycles. The van der Waals surface area contributed by atoms with Crippen LogP contribution in [0.15, 0.2) is 54.6 Å². The molecule has 6 nitrogen and oxygen atoms in total. The van der Waals surface area contributed by atoms with Crippen molar-refractivity contribution < 1.29 is 15.0 Å². The number of hydrogen-bond donors (Lipinski definition) is 2. The van der Waals surface area contributed by atoms with Crippen LogP contribution in [0.25, 0.3) is 0 Å².